The molecule has 2 aliphatic heterocycles. The van der Waals surface area contributed by atoms with E-state index in [0.717, 1.165) is 56.4 Å². The molecule has 0 bridgehead atoms. The molecule has 1 aliphatic carbocycles. The Hall–Kier alpha value is -1.75. The Labute approximate surface area is 143 Å². The summed E-state index contributed by atoms with van der Waals surface area (Å²) in [4.78, 5) is 12.6. The minimum atomic E-state index is -0.0609. The first kappa shape index (κ1) is 15.8. The Kier molecular flexibility index (Phi) is 4.60. The minimum Gasteiger partial charge on any atom is -0.493 e. The van der Waals surface area contributed by atoms with E-state index in [-0.39, 0.29) is 18.1 Å². The zero-order valence-corrected chi connectivity index (χ0v) is 14.0. The second kappa shape index (κ2) is 7.01. The molecule has 0 aromatic heterocycles. The maximum absolute atomic E-state index is 12.6. The van der Waals surface area contributed by atoms with Crippen LogP contribution in [0.5, 0.6) is 5.75 Å². The molecular formula is C19H26N2O3. The van der Waals surface area contributed by atoms with Crippen LogP contribution in [0.3, 0.4) is 0 Å². The molecule has 2 N–H and O–H groups in total. The summed E-state index contributed by atoms with van der Waals surface area (Å²) in [7, 11) is 0. The Balaban J connectivity index is 1.41. The highest BCUT2D eigenvalue weighted by Crippen LogP contribution is 2.35. The molecule has 2 amide bonds. The third kappa shape index (κ3) is 3.22. The number of urea groups is 1. The predicted octanol–water partition coefficient (Wildman–Crippen LogP) is 3.16. The normalized spacial score (nSPS) is 32.0. The highest BCUT2D eigenvalue weighted by Gasteiger charge is 2.38. The van der Waals surface area contributed by atoms with Gasteiger partial charge in [0.2, 0.25) is 0 Å². The quantitative estimate of drug-likeness (QED) is 0.876. The van der Waals surface area contributed by atoms with E-state index in [0.29, 0.717) is 18.6 Å². The van der Waals surface area contributed by atoms with E-state index < -0.39 is 0 Å². The molecule has 1 saturated carbocycles. The predicted molar refractivity (Wildman–Crippen MR) is 91.1 cm³/mol. The van der Waals surface area contributed by atoms with Crippen molar-refractivity contribution < 1.29 is 14.3 Å². The van der Waals surface area contributed by atoms with Gasteiger partial charge in [0, 0.05) is 24.1 Å². The molecule has 4 atom stereocenters. The number of nitrogens with one attached hydrogen (secondary N) is 2. The second-order valence-corrected chi connectivity index (χ2v) is 7.10. The standard InChI is InChI=1S/C19H26N2O3/c22-19(20-15-6-3-9-18-14(15)10-12-24-18)21-16-7-4-11-23-17-8-2-1-5-13(16)17/h1-2,5,8,14-16,18H,3-4,6-7,9-12H2,(H2,20,21,22)/t14-,15-,16-,18-/m1/s1. The molecule has 24 heavy (non-hydrogen) atoms. The molecule has 1 saturated heterocycles. The number of para-hydroxylation sites is 1. The number of carbonyl (C=O) groups excluding carboxylic acids is 1. The number of hydrogen-bond acceptors (Lipinski definition) is 3. The van der Waals surface area contributed by atoms with Crippen molar-refractivity contribution in [2.45, 2.75) is 56.7 Å². The van der Waals surface area contributed by atoms with Crippen LogP contribution in [0.15, 0.2) is 24.3 Å². The van der Waals surface area contributed by atoms with E-state index in [2.05, 4.69) is 10.6 Å². The maximum Gasteiger partial charge on any atom is 0.315 e. The van der Waals surface area contributed by atoms with Crippen LogP contribution in [0.1, 0.15) is 50.1 Å². The van der Waals surface area contributed by atoms with Gasteiger partial charge in [-0.3, -0.25) is 0 Å². The van der Waals surface area contributed by atoms with Crippen LogP contribution in [0.4, 0.5) is 4.79 Å². The van der Waals surface area contributed by atoms with Crippen LogP contribution in [0, 0.1) is 5.92 Å². The molecule has 130 valence electrons. The van der Waals surface area contributed by atoms with Crippen LogP contribution in [-0.2, 0) is 4.74 Å². The third-order valence-corrected chi connectivity index (χ3v) is 5.59. The number of carbonyl (C=O) groups is 1. The fraction of sp³-hybridized carbons (Fsp3) is 0.632. The van der Waals surface area contributed by atoms with Crippen LogP contribution in [0.2, 0.25) is 0 Å². The SMILES string of the molecule is O=C(N[C@@H]1CCCOc2ccccc21)N[C@@H]1CCC[C@H]2OCC[C@H]12. The molecule has 0 spiro atoms. The third-order valence-electron chi connectivity index (χ3n) is 5.59. The Morgan fingerprint density at radius 1 is 1.00 bits per heavy atom. The lowest BCUT2D eigenvalue weighted by molar-refractivity contribution is 0.0548. The van der Waals surface area contributed by atoms with Crippen LogP contribution < -0.4 is 15.4 Å². The molecule has 2 fully saturated rings. The Morgan fingerprint density at radius 3 is 2.88 bits per heavy atom. The number of amides is 2. The Morgan fingerprint density at radius 2 is 1.92 bits per heavy atom. The summed E-state index contributed by atoms with van der Waals surface area (Å²) < 4.78 is 11.6. The Bertz CT molecular complexity index is 592. The van der Waals surface area contributed by atoms with E-state index in [1.165, 1.54) is 0 Å². The van der Waals surface area contributed by atoms with Crippen molar-refractivity contribution in [2.75, 3.05) is 13.2 Å². The molecule has 2 heterocycles. The molecule has 5 nitrogen and oxygen atoms in total. The molecule has 1 aromatic carbocycles. The van der Waals surface area contributed by atoms with Crippen LogP contribution >= 0.6 is 0 Å². The topological polar surface area (TPSA) is 59.6 Å². The van der Waals surface area contributed by atoms with Crippen molar-refractivity contribution in [3.63, 3.8) is 0 Å². The number of hydrogen-bond donors (Lipinski definition) is 2. The fourth-order valence-electron chi connectivity index (χ4n) is 4.40. The van der Waals surface area contributed by atoms with E-state index in [1.54, 1.807) is 0 Å². The van der Waals surface area contributed by atoms with Gasteiger partial charge in [-0.2, -0.15) is 0 Å². The molecule has 3 aliphatic rings. The zero-order chi connectivity index (χ0) is 16.4. The van der Waals surface area contributed by atoms with Gasteiger partial charge in [-0.05, 0) is 44.6 Å². The van der Waals surface area contributed by atoms with Crippen molar-refractivity contribution in [3.05, 3.63) is 29.8 Å². The monoisotopic (exact) mass is 330 g/mol. The van der Waals surface area contributed by atoms with Crippen LogP contribution in [-0.4, -0.2) is 31.4 Å². The number of benzene rings is 1. The molecule has 0 unspecified atom stereocenters. The smallest absolute Gasteiger partial charge is 0.315 e. The second-order valence-electron chi connectivity index (χ2n) is 7.10. The molecule has 1 aromatic rings. The van der Waals surface area contributed by atoms with Crippen molar-refractivity contribution in [1.29, 1.82) is 0 Å². The summed E-state index contributed by atoms with van der Waals surface area (Å²) >= 11 is 0. The van der Waals surface area contributed by atoms with Gasteiger partial charge < -0.3 is 20.1 Å². The van der Waals surface area contributed by atoms with Gasteiger partial charge in [0.25, 0.3) is 0 Å². The van der Waals surface area contributed by atoms with E-state index >= 15 is 0 Å². The summed E-state index contributed by atoms with van der Waals surface area (Å²) in [5.41, 5.74) is 1.08. The first-order valence-corrected chi connectivity index (χ1v) is 9.21. The average Bonchev–Trinajstić information content (AvgIpc) is 2.99. The van der Waals surface area contributed by atoms with Gasteiger partial charge in [0.05, 0.1) is 18.8 Å². The van der Waals surface area contributed by atoms with Crippen molar-refractivity contribution in [3.8, 4) is 5.75 Å². The minimum absolute atomic E-state index is 0.0166. The molecular weight excluding hydrogens is 304 g/mol. The summed E-state index contributed by atoms with van der Waals surface area (Å²) in [6.07, 6.45) is 6.59. The van der Waals surface area contributed by atoms with Crippen molar-refractivity contribution in [1.82, 2.24) is 10.6 Å². The average molecular weight is 330 g/mol. The van der Waals surface area contributed by atoms with Gasteiger partial charge in [0.15, 0.2) is 0 Å². The van der Waals surface area contributed by atoms with Gasteiger partial charge >= 0.3 is 6.03 Å². The summed E-state index contributed by atoms with van der Waals surface area (Å²) in [5, 5.41) is 6.39. The number of rotatable bonds is 2. The highest BCUT2D eigenvalue weighted by molar-refractivity contribution is 5.75. The first-order valence-electron chi connectivity index (χ1n) is 9.21. The number of ether oxygens (including phenoxy) is 2. The number of fused-ring (bicyclic) bond motifs is 2. The maximum atomic E-state index is 12.6. The van der Waals surface area contributed by atoms with Gasteiger partial charge in [-0.1, -0.05) is 18.2 Å². The lowest BCUT2D eigenvalue weighted by Gasteiger charge is -2.33. The first-order chi connectivity index (χ1) is 11.8. The fourth-order valence-corrected chi connectivity index (χ4v) is 4.40. The van der Waals surface area contributed by atoms with Crippen molar-refractivity contribution in [2.24, 2.45) is 5.92 Å². The van der Waals surface area contributed by atoms with Crippen LogP contribution in [0.25, 0.3) is 0 Å². The molecule has 5 heteroatoms. The highest BCUT2D eigenvalue weighted by atomic mass is 16.5. The van der Waals surface area contributed by atoms with Gasteiger partial charge in [0.1, 0.15) is 5.75 Å². The summed E-state index contributed by atoms with van der Waals surface area (Å²) in [6, 6.07) is 8.20. The molecule has 0 radical (unpaired) electrons. The van der Waals surface area contributed by atoms with Crippen molar-refractivity contribution >= 4 is 6.03 Å². The van der Waals surface area contributed by atoms with Gasteiger partial charge in [-0.25, -0.2) is 4.79 Å². The van der Waals surface area contributed by atoms with E-state index in [1.807, 2.05) is 24.3 Å². The zero-order valence-electron chi connectivity index (χ0n) is 14.0. The summed E-state index contributed by atoms with van der Waals surface area (Å²) in [6.45, 7) is 1.54. The summed E-state index contributed by atoms with van der Waals surface area (Å²) in [5.74, 6) is 1.37. The lowest BCUT2D eigenvalue weighted by atomic mass is 9.82. The molecule has 4 rings (SSSR count). The van der Waals surface area contributed by atoms with Gasteiger partial charge in [-0.15, -0.1) is 0 Å². The van der Waals surface area contributed by atoms with E-state index in [4.69, 9.17) is 9.47 Å². The lowest BCUT2D eigenvalue weighted by Crippen LogP contribution is -2.49. The largest absolute Gasteiger partial charge is 0.493 e. The van der Waals surface area contributed by atoms with E-state index in [9.17, 15) is 4.79 Å².